The van der Waals surface area contributed by atoms with Crippen molar-refractivity contribution < 1.29 is 4.79 Å². The fourth-order valence-corrected chi connectivity index (χ4v) is 2.22. The van der Waals surface area contributed by atoms with Gasteiger partial charge in [-0.1, -0.05) is 18.2 Å². The van der Waals surface area contributed by atoms with Gasteiger partial charge in [-0.2, -0.15) is 0 Å². The Balaban J connectivity index is 2.10. The van der Waals surface area contributed by atoms with Crippen LogP contribution in [-0.4, -0.2) is 15.8 Å². The molecule has 0 atom stereocenters. The first-order chi connectivity index (χ1) is 9.65. The smallest absolute Gasteiger partial charge is 0.212 e. The van der Waals surface area contributed by atoms with E-state index >= 15 is 0 Å². The molecule has 0 aliphatic rings. The third kappa shape index (κ3) is 2.18. The van der Waals surface area contributed by atoms with Crippen LogP contribution in [0, 0.1) is 13.8 Å². The number of aryl methyl sites for hydroxylation is 2. The molecule has 0 saturated heterocycles. The molecule has 3 heteroatoms. The van der Waals surface area contributed by atoms with Crippen LogP contribution in [-0.2, 0) is 0 Å². The lowest BCUT2D eigenvalue weighted by Gasteiger charge is -2.06. The van der Waals surface area contributed by atoms with Gasteiger partial charge in [0.05, 0.1) is 5.52 Å². The lowest BCUT2D eigenvalue weighted by atomic mass is 10.0. The number of hydrogen-bond acceptors (Lipinski definition) is 3. The van der Waals surface area contributed by atoms with Gasteiger partial charge >= 0.3 is 0 Å². The third-order valence-corrected chi connectivity index (χ3v) is 3.33. The van der Waals surface area contributed by atoms with Crippen molar-refractivity contribution in [2.45, 2.75) is 13.8 Å². The van der Waals surface area contributed by atoms with Crippen molar-refractivity contribution in [3.8, 4) is 0 Å². The highest BCUT2D eigenvalue weighted by Crippen LogP contribution is 2.19. The van der Waals surface area contributed by atoms with Crippen LogP contribution in [0.5, 0.6) is 0 Å². The normalized spacial score (nSPS) is 10.7. The van der Waals surface area contributed by atoms with Crippen molar-refractivity contribution in [3.63, 3.8) is 0 Å². The van der Waals surface area contributed by atoms with E-state index in [1.807, 2.05) is 50.2 Å². The van der Waals surface area contributed by atoms with E-state index in [1.165, 1.54) is 0 Å². The van der Waals surface area contributed by atoms with E-state index in [1.54, 1.807) is 12.3 Å². The van der Waals surface area contributed by atoms with Crippen LogP contribution < -0.4 is 0 Å². The van der Waals surface area contributed by atoms with Crippen molar-refractivity contribution in [1.29, 1.82) is 0 Å². The van der Waals surface area contributed by atoms with Gasteiger partial charge in [-0.3, -0.25) is 9.78 Å². The van der Waals surface area contributed by atoms with Gasteiger partial charge in [-0.15, -0.1) is 0 Å². The van der Waals surface area contributed by atoms with E-state index in [4.69, 9.17) is 0 Å². The third-order valence-electron chi connectivity index (χ3n) is 3.33. The quantitative estimate of drug-likeness (QED) is 0.664. The van der Waals surface area contributed by atoms with Crippen LogP contribution in [0.15, 0.2) is 48.7 Å². The molecule has 0 amide bonds. The Morgan fingerprint density at radius 2 is 1.85 bits per heavy atom. The van der Waals surface area contributed by atoms with E-state index in [0.29, 0.717) is 11.3 Å². The molecular formula is C17H14N2O. The number of carbonyl (C=O) groups is 1. The molecular weight excluding hydrogens is 248 g/mol. The van der Waals surface area contributed by atoms with Crippen molar-refractivity contribution in [1.82, 2.24) is 9.97 Å². The summed E-state index contributed by atoms with van der Waals surface area (Å²) in [4.78, 5) is 21.1. The number of para-hydroxylation sites is 1. The Bertz CT molecular complexity index is 792. The number of pyridine rings is 2. The lowest BCUT2D eigenvalue weighted by molar-refractivity contribution is 0.103. The maximum absolute atomic E-state index is 12.5. The van der Waals surface area contributed by atoms with Crippen LogP contribution in [0.2, 0.25) is 0 Å². The van der Waals surface area contributed by atoms with Crippen LogP contribution in [0.4, 0.5) is 0 Å². The molecule has 0 unspecified atom stereocenters. The van der Waals surface area contributed by atoms with Crippen LogP contribution in [0.25, 0.3) is 10.9 Å². The summed E-state index contributed by atoms with van der Waals surface area (Å²) < 4.78 is 0. The first-order valence-corrected chi connectivity index (χ1v) is 6.49. The van der Waals surface area contributed by atoms with Crippen molar-refractivity contribution in [2.24, 2.45) is 0 Å². The van der Waals surface area contributed by atoms with Gasteiger partial charge in [0.1, 0.15) is 5.69 Å². The van der Waals surface area contributed by atoms with E-state index in [2.05, 4.69) is 9.97 Å². The van der Waals surface area contributed by atoms with Crippen LogP contribution >= 0.6 is 0 Å². The average Bonchev–Trinajstić information content (AvgIpc) is 2.47. The second-order valence-electron chi connectivity index (χ2n) is 4.86. The number of carbonyl (C=O) groups excluding carboxylic acids is 1. The molecule has 0 fully saturated rings. The fraction of sp³-hybridized carbons (Fsp3) is 0.118. The minimum atomic E-state index is -0.0913. The minimum Gasteiger partial charge on any atom is -0.287 e. The Kier molecular flexibility index (Phi) is 3.03. The summed E-state index contributed by atoms with van der Waals surface area (Å²) in [6.45, 7) is 3.89. The molecule has 3 nitrogen and oxygen atoms in total. The first kappa shape index (κ1) is 12.5. The molecule has 20 heavy (non-hydrogen) atoms. The summed E-state index contributed by atoms with van der Waals surface area (Å²) >= 11 is 0. The number of fused-ring (bicyclic) bond motifs is 1. The predicted octanol–water partition coefficient (Wildman–Crippen LogP) is 3.48. The summed E-state index contributed by atoms with van der Waals surface area (Å²) in [6, 6.07) is 13.3. The molecule has 3 aromatic rings. The number of aromatic nitrogens is 2. The Morgan fingerprint density at radius 1 is 1.05 bits per heavy atom. The maximum Gasteiger partial charge on any atom is 0.212 e. The van der Waals surface area contributed by atoms with Crippen LogP contribution in [0.1, 0.15) is 27.3 Å². The number of benzene rings is 1. The monoisotopic (exact) mass is 262 g/mol. The zero-order valence-corrected chi connectivity index (χ0v) is 11.4. The molecule has 0 aliphatic carbocycles. The van der Waals surface area contributed by atoms with Gasteiger partial charge in [0.2, 0.25) is 5.78 Å². The molecule has 1 aromatic carbocycles. The lowest BCUT2D eigenvalue weighted by Crippen LogP contribution is -2.05. The zero-order chi connectivity index (χ0) is 14.1. The largest absolute Gasteiger partial charge is 0.287 e. The van der Waals surface area contributed by atoms with Crippen LogP contribution in [0.3, 0.4) is 0 Å². The Labute approximate surface area is 117 Å². The number of ketones is 1. The summed E-state index contributed by atoms with van der Waals surface area (Å²) in [7, 11) is 0. The van der Waals surface area contributed by atoms with E-state index < -0.39 is 0 Å². The molecule has 0 spiro atoms. The minimum absolute atomic E-state index is 0.0913. The zero-order valence-electron chi connectivity index (χ0n) is 11.4. The fourth-order valence-electron chi connectivity index (χ4n) is 2.22. The predicted molar refractivity (Wildman–Crippen MR) is 78.9 cm³/mol. The second kappa shape index (κ2) is 4.85. The summed E-state index contributed by atoms with van der Waals surface area (Å²) in [5.41, 5.74) is 3.82. The van der Waals surface area contributed by atoms with Gasteiger partial charge in [-0.25, -0.2) is 4.98 Å². The molecule has 0 bridgehead atoms. The SMILES string of the molecule is Cc1ccc(C(=O)c2cc(C)c3ccccc3n2)cn1. The van der Waals surface area contributed by atoms with E-state index in [-0.39, 0.29) is 5.78 Å². The molecule has 0 saturated carbocycles. The highest BCUT2D eigenvalue weighted by Gasteiger charge is 2.12. The van der Waals surface area contributed by atoms with Gasteiger partial charge in [-0.05, 0) is 43.7 Å². The number of rotatable bonds is 2. The molecule has 2 aromatic heterocycles. The summed E-state index contributed by atoms with van der Waals surface area (Å²) in [5, 5.41) is 1.08. The Morgan fingerprint density at radius 3 is 2.60 bits per heavy atom. The first-order valence-electron chi connectivity index (χ1n) is 6.49. The highest BCUT2D eigenvalue weighted by atomic mass is 16.1. The van der Waals surface area contributed by atoms with Gasteiger partial charge in [0.15, 0.2) is 0 Å². The molecule has 0 N–H and O–H groups in total. The van der Waals surface area contributed by atoms with E-state index in [0.717, 1.165) is 22.2 Å². The average molecular weight is 262 g/mol. The number of nitrogens with zero attached hydrogens (tertiary/aromatic N) is 2. The summed E-state index contributed by atoms with van der Waals surface area (Å²) in [5.74, 6) is -0.0913. The number of hydrogen-bond donors (Lipinski definition) is 0. The molecule has 0 radical (unpaired) electrons. The van der Waals surface area contributed by atoms with E-state index in [9.17, 15) is 4.79 Å². The van der Waals surface area contributed by atoms with Crippen molar-refractivity contribution >= 4 is 16.7 Å². The molecule has 98 valence electrons. The highest BCUT2D eigenvalue weighted by molar-refractivity contribution is 6.08. The van der Waals surface area contributed by atoms with Gasteiger partial charge in [0.25, 0.3) is 0 Å². The van der Waals surface area contributed by atoms with Gasteiger partial charge < -0.3 is 0 Å². The van der Waals surface area contributed by atoms with Crippen molar-refractivity contribution in [2.75, 3.05) is 0 Å². The maximum atomic E-state index is 12.5. The second-order valence-corrected chi connectivity index (χ2v) is 4.86. The topological polar surface area (TPSA) is 42.9 Å². The molecule has 3 rings (SSSR count). The Hall–Kier alpha value is -2.55. The van der Waals surface area contributed by atoms with Crippen molar-refractivity contribution in [3.05, 3.63) is 71.2 Å². The molecule has 0 aliphatic heterocycles. The standard InChI is InChI=1S/C17H14N2O/c1-11-9-16(19-15-6-4-3-5-14(11)15)17(20)13-8-7-12(2)18-10-13/h3-10H,1-2H3. The summed E-state index contributed by atoms with van der Waals surface area (Å²) in [6.07, 6.45) is 1.60. The molecule has 2 heterocycles. The van der Waals surface area contributed by atoms with Gasteiger partial charge in [0, 0.05) is 22.8 Å².